The van der Waals surface area contributed by atoms with Crippen LogP contribution in [0.4, 0.5) is 0 Å². The number of phenols is 1. The minimum absolute atomic E-state index is 0.0530. The van der Waals surface area contributed by atoms with E-state index in [4.69, 9.17) is 38.7 Å². The van der Waals surface area contributed by atoms with Gasteiger partial charge in [0.1, 0.15) is 6.10 Å². The molecular weight excluding hydrogens is 556 g/mol. The molecule has 0 bridgehead atoms. The second kappa shape index (κ2) is 18.0. The molecule has 0 saturated carbocycles. The van der Waals surface area contributed by atoms with E-state index in [0.717, 1.165) is 0 Å². The number of hydrogen-bond acceptors (Lipinski definition) is 12. The zero-order valence-corrected chi connectivity index (χ0v) is 24.6. The fourth-order valence-electron chi connectivity index (χ4n) is 4.06. The lowest BCUT2D eigenvalue weighted by Crippen LogP contribution is -2.55. The number of carbonyl (C=O) groups excluding carboxylic acids is 3. The van der Waals surface area contributed by atoms with Crippen molar-refractivity contribution in [2.75, 3.05) is 66.9 Å². The largest absolute Gasteiger partial charge is 0.504 e. The maximum Gasteiger partial charge on any atom is 0.339 e. The highest BCUT2D eigenvalue weighted by molar-refractivity contribution is 5.94. The van der Waals surface area contributed by atoms with Gasteiger partial charge in [0.25, 0.3) is 5.91 Å². The van der Waals surface area contributed by atoms with Crippen LogP contribution in [0.2, 0.25) is 0 Å². The van der Waals surface area contributed by atoms with Crippen LogP contribution in [0.25, 0.3) is 10.4 Å². The van der Waals surface area contributed by atoms with Crippen molar-refractivity contribution in [1.82, 2.24) is 4.90 Å². The lowest BCUT2D eigenvalue weighted by molar-refractivity contribution is -0.243. The number of rotatable bonds is 17. The molecule has 15 nitrogen and oxygen atoms in total. The van der Waals surface area contributed by atoms with Crippen LogP contribution in [0.3, 0.4) is 0 Å². The smallest absolute Gasteiger partial charge is 0.339 e. The molecule has 0 aromatic heterocycles. The predicted molar refractivity (Wildman–Crippen MR) is 147 cm³/mol. The second-order valence-electron chi connectivity index (χ2n) is 9.56. The molecular formula is C27H40N4O11. The zero-order chi connectivity index (χ0) is 31.1. The first kappa shape index (κ1) is 34.6. The van der Waals surface area contributed by atoms with Gasteiger partial charge in [-0.15, -0.1) is 0 Å². The van der Waals surface area contributed by atoms with Gasteiger partial charge in [-0.1, -0.05) is 19.0 Å². The van der Waals surface area contributed by atoms with E-state index in [2.05, 4.69) is 10.0 Å². The highest BCUT2D eigenvalue weighted by Crippen LogP contribution is 2.37. The molecule has 0 radical (unpaired) electrons. The number of carbonyl (C=O) groups is 3. The van der Waals surface area contributed by atoms with E-state index >= 15 is 0 Å². The van der Waals surface area contributed by atoms with E-state index in [1.807, 2.05) is 6.92 Å². The number of nitrogens with zero attached hydrogens (tertiary/aromatic N) is 4. The van der Waals surface area contributed by atoms with Gasteiger partial charge in [0.05, 0.1) is 46.8 Å². The Morgan fingerprint density at radius 3 is 2.29 bits per heavy atom. The number of methoxy groups -OCH3 is 1. The molecule has 1 saturated heterocycles. The molecule has 2 rings (SSSR count). The van der Waals surface area contributed by atoms with E-state index in [1.54, 1.807) is 14.0 Å². The number of hydrogen-bond donors (Lipinski definition) is 1. The average Bonchev–Trinajstić information content (AvgIpc) is 2.97. The highest BCUT2D eigenvalue weighted by Gasteiger charge is 2.48. The number of likely N-dealkylation sites (N-methyl/N-ethyl adjacent to an activating group) is 1. The molecule has 1 aliphatic rings. The van der Waals surface area contributed by atoms with Crippen molar-refractivity contribution in [3.63, 3.8) is 0 Å². The molecule has 0 aliphatic carbocycles. The fourth-order valence-corrected chi connectivity index (χ4v) is 4.06. The summed E-state index contributed by atoms with van der Waals surface area (Å²) in [6.07, 6.45) is -3.05. The van der Waals surface area contributed by atoms with Crippen molar-refractivity contribution in [1.29, 1.82) is 0 Å². The molecule has 0 unspecified atom stereocenters. The Morgan fingerprint density at radius 2 is 1.69 bits per heavy atom. The Morgan fingerprint density at radius 1 is 1.05 bits per heavy atom. The van der Waals surface area contributed by atoms with Crippen LogP contribution in [0.15, 0.2) is 23.3 Å². The van der Waals surface area contributed by atoms with Crippen molar-refractivity contribution >= 4 is 17.8 Å². The van der Waals surface area contributed by atoms with Gasteiger partial charge < -0.3 is 43.2 Å². The van der Waals surface area contributed by atoms with Crippen LogP contribution in [0.5, 0.6) is 11.5 Å². The van der Waals surface area contributed by atoms with E-state index in [1.165, 1.54) is 37.1 Å². The number of esters is 2. The summed E-state index contributed by atoms with van der Waals surface area (Å²) in [5, 5.41) is 14.0. The van der Waals surface area contributed by atoms with Crippen LogP contribution >= 0.6 is 0 Å². The van der Waals surface area contributed by atoms with Gasteiger partial charge in [-0.05, 0) is 23.7 Å². The predicted octanol–water partition coefficient (Wildman–Crippen LogP) is 2.30. The van der Waals surface area contributed by atoms with E-state index in [-0.39, 0.29) is 48.0 Å². The third-order valence-corrected chi connectivity index (χ3v) is 6.60. The third kappa shape index (κ3) is 10.7. The van der Waals surface area contributed by atoms with Crippen molar-refractivity contribution in [3.05, 3.63) is 34.2 Å². The number of aromatic hydroxyl groups is 1. The van der Waals surface area contributed by atoms with Gasteiger partial charge in [-0.25, -0.2) is 4.79 Å². The maximum atomic E-state index is 12.8. The van der Waals surface area contributed by atoms with Crippen LogP contribution in [0, 0.1) is 11.8 Å². The van der Waals surface area contributed by atoms with Crippen molar-refractivity contribution < 1.29 is 52.6 Å². The first-order valence-electron chi connectivity index (χ1n) is 13.5. The SMILES string of the molecule is COC(=O)[C@H]1O[C@@H](Oc2ccc(C(=O)N(C)CCOCCOCCOCCN=[N+]=[N-])cc2O)[C@H](C)[C@@H](C)[C@@H]1OC(C)=O. The van der Waals surface area contributed by atoms with E-state index in [9.17, 15) is 19.5 Å². The van der Waals surface area contributed by atoms with Gasteiger partial charge in [-0.2, -0.15) is 0 Å². The summed E-state index contributed by atoms with van der Waals surface area (Å²) in [6.45, 7) is 7.52. The summed E-state index contributed by atoms with van der Waals surface area (Å²) in [4.78, 5) is 40.9. The molecule has 1 aromatic rings. The fraction of sp³-hybridized carbons (Fsp3) is 0.667. The quantitative estimate of drug-likeness (QED) is 0.0913. The molecule has 1 aliphatic heterocycles. The van der Waals surface area contributed by atoms with Gasteiger partial charge in [0, 0.05) is 49.4 Å². The minimum Gasteiger partial charge on any atom is -0.504 e. The number of ether oxygens (including phenoxy) is 7. The lowest BCUT2D eigenvalue weighted by atomic mass is 9.84. The second-order valence-corrected chi connectivity index (χ2v) is 9.56. The topological polar surface area (TPSA) is 188 Å². The summed E-state index contributed by atoms with van der Waals surface area (Å²) in [5.74, 6) is -2.52. The Bertz CT molecular complexity index is 1080. The summed E-state index contributed by atoms with van der Waals surface area (Å²) < 4.78 is 37.9. The third-order valence-electron chi connectivity index (χ3n) is 6.60. The van der Waals surface area contributed by atoms with Gasteiger partial charge in [-0.3, -0.25) is 9.59 Å². The van der Waals surface area contributed by atoms with Crippen LogP contribution in [-0.4, -0.2) is 113 Å². The number of phenolic OH excluding ortho intramolecular Hbond substituents is 1. The number of azide groups is 1. The molecule has 1 heterocycles. The average molecular weight is 597 g/mol. The zero-order valence-electron chi connectivity index (χ0n) is 24.6. The first-order valence-corrected chi connectivity index (χ1v) is 13.5. The molecule has 0 spiro atoms. The van der Waals surface area contributed by atoms with Crippen LogP contribution < -0.4 is 4.74 Å². The van der Waals surface area contributed by atoms with E-state index < -0.39 is 30.4 Å². The molecule has 15 heteroatoms. The van der Waals surface area contributed by atoms with Gasteiger partial charge in [0.15, 0.2) is 17.6 Å². The monoisotopic (exact) mass is 596 g/mol. The maximum absolute atomic E-state index is 12.8. The van der Waals surface area contributed by atoms with Crippen LogP contribution in [-0.2, 0) is 38.0 Å². The van der Waals surface area contributed by atoms with E-state index in [0.29, 0.717) is 39.6 Å². The molecule has 1 fully saturated rings. The molecule has 1 amide bonds. The minimum atomic E-state index is -1.21. The number of amides is 1. The van der Waals surface area contributed by atoms with Crippen molar-refractivity contribution in [2.24, 2.45) is 17.0 Å². The van der Waals surface area contributed by atoms with Gasteiger partial charge in [0.2, 0.25) is 6.29 Å². The summed E-state index contributed by atoms with van der Waals surface area (Å²) >= 11 is 0. The number of benzene rings is 1. The van der Waals surface area contributed by atoms with Crippen molar-refractivity contribution in [3.8, 4) is 11.5 Å². The molecule has 1 aromatic carbocycles. The summed E-state index contributed by atoms with van der Waals surface area (Å²) in [5.41, 5.74) is 8.41. The Kier molecular flexibility index (Phi) is 14.8. The summed E-state index contributed by atoms with van der Waals surface area (Å²) in [6, 6.07) is 4.23. The molecule has 5 atom stereocenters. The normalized spacial score (nSPS) is 21.6. The van der Waals surface area contributed by atoms with Crippen LogP contribution in [0.1, 0.15) is 31.1 Å². The lowest BCUT2D eigenvalue weighted by Gasteiger charge is -2.42. The molecule has 1 N–H and O–H groups in total. The standard InChI is InChI=1S/C27H40N4O11/c1-17-18(2)27(42-24(26(35)36-5)23(17)40-19(3)32)41-22-7-6-20(16-21(22)33)25(34)31(4)9-11-38-13-15-39-14-12-37-10-8-29-30-28/h6-7,16-18,23-24,27,33H,8-15H2,1-5H3/t17-,18-,23+,24+,27-/m1/s1. The van der Waals surface area contributed by atoms with Crippen molar-refractivity contribution in [2.45, 2.75) is 39.3 Å². The first-order chi connectivity index (χ1) is 20.1. The Labute approximate surface area is 244 Å². The Balaban J connectivity index is 1.83. The molecule has 234 valence electrons. The Hall–Kier alpha value is -3.62. The molecule has 42 heavy (non-hydrogen) atoms. The summed E-state index contributed by atoms with van der Waals surface area (Å²) in [7, 11) is 2.81. The van der Waals surface area contributed by atoms with Gasteiger partial charge >= 0.3 is 11.9 Å². The highest BCUT2D eigenvalue weighted by atomic mass is 16.7.